The van der Waals surface area contributed by atoms with E-state index in [0.717, 1.165) is 12.2 Å². The summed E-state index contributed by atoms with van der Waals surface area (Å²) in [5, 5.41) is 3.41. The van der Waals surface area contributed by atoms with E-state index in [0.29, 0.717) is 27.4 Å². The van der Waals surface area contributed by atoms with Gasteiger partial charge in [0.1, 0.15) is 5.75 Å². The Balaban J connectivity index is 2.05. The predicted octanol–water partition coefficient (Wildman–Crippen LogP) is 5.14. The van der Waals surface area contributed by atoms with Gasteiger partial charge in [0, 0.05) is 15.2 Å². The zero-order valence-corrected chi connectivity index (χ0v) is 13.9. The zero-order valence-electron chi connectivity index (χ0n) is 11.5. The van der Waals surface area contributed by atoms with Gasteiger partial charge in [-0.25, -0.2) is 0 Å². The number of ether oxygens (including phenoxy) is 1. The van der Waals surface area contributed by atoms with E-state index in [1.807, 2.05) is 24.3 Å². The molecule has 0 saturated carbocycles. The van der Waals surface area contributed by atoms with Gasteiger partial charge >= 0.3 is 0 Å². The van der Waals surface area contributed by atoms with Crippen molar-refractivity contribution in [3.63, 3.8) is 0 Å². The molecule has 2 aromatic carbocycles. The van der Waals surface area contributed by atoms with Crippen LogP contribution in [0.25, 0.3) is 0 Å². The summed E-state index contributed by atoms with van der Waals surface area (Å²) < 4.78 is 6.16. The van der Waals surface area contributed by atoms with E-state index in [-0.39, 0.29) is 5.91 Å². The summed E-state index contributed by atoms with van der Waals surface area (Å²) in [5.74, 6) is 0.600. The lowest BCUT2D eigenvalue weighted by atomic mass is 10.2. The van der Waals surface area contributed by atoms with Crippen molar-refractivity contribution in [2.75, 3.05) is 11.9 Å². The molecule has 1 N–H and O–H groups in total. The van der Waals surface area contributed by atoms with E-state index in [4.69, 9.17) is 16.3 Å². The minimum atomic E-state index is -0.194. The highest BCUT2D eigenvalue weighted by atomic mass is 79.9. The summed E-state index contributed by atoms with van der Waals surface area (Å²) in [6.07, 6.45) is 0.961. The van der Waals surface area contributed by atoms with Crippen LogP contribution in [-0.4, -0.2) is 12.5 Å². The maximum Gasteiger partial charge on any atom is 0.256 e. The van der Waals surface area contributed by atoms with E-state index in [9.17, 15) is 4.79 Å². The van der Waals surface area contributed by atoms with Crippen molar-refractivity contribution < 1.29 is 9.53 Å². The highest BCUT2D eigenvalue weighted by molar-refractivity contribution is 9.10. The summed E-state index contributed by atoms with van der Waals surface area (Å²) >= 11 is 9.20. The normalized spacial score (nSPS) is 10.2. The summed E-state index contributed by atoms with van der Waals surface area (Å²) in [4.78, 5) is 12.2. The number of carbonyl (C=O) groups excluding carboxylic acids is 1. The van der Waals surface area contributed by atoms with Crippen LogP contribution in [0.2, 0.25) is 5.02 Å². The molecule has 0 bridgehead atoms. The third kappa shape index (κ3) is 4.48. The molecule has 0 spiro atoms. The van der Waals surface area contributed by atoms with Crippen LogP contribution in [0.1, 0.15) is 23.7 Å². The maximum atomic E-state index is 12.2. The summed E-state index contributed by atoms with van der Waals surface area (Å²) in [6, 6.07) is 12.4. The van der Waals surface area contributed by atoms with Crippen molar-refractivity contribution in [3.8, 4) is 5.75 Å². The van der Waals surface area contributed by atoms with Crippen molar-refractivity contribution in [2.45, 2.75) is 13.3 Å². The van der Waals surface area contributed by atoms with Crippen molar-refractivity contribution in [1.82, 2.24) is 0 Å². The molecule has 3 nitrogen and oxygen atoms in total. The van der Waals surface area contributed by atoms with Crippen LogP contribution < -0.4 is 10.1 Å². The zero-order chi connectivity index (χ0) is 15.2. The fraction of sp³-hybridized carbons (Fsp3) is 0.188. The Labute approximate surface area is 137 Å². The predicted molar refractivity (Wildman–Crippen MR) is 89.3 cm³/mol. The van der Waals surface area contributed by atoms with Gasteiger partial charge in [-0.1, -0.05) is 18.5 Å². The van der Waals surface area contributed by atoms with Crippen LogP contribution in [-0.2, 0) is 0 Å². The molecule has 0 atom stereocenters. The number of nitrogens with one attached hydrogen (secondary N) is 1. The second kappa shape index (κ2) is 7.48. The van der Waals surface area contributed by atoms with Gasteiger partial charge in [-0.3, -0.25) is 4.79 Å². The first kappa shape index (κ1) is 15.9. The number of amides is 1. The molecular formula is C16H15BrClNO2. The molecule has 5 heteroatoms. The minimum absolute atomic E-state index is 0.194. The number of hydrogen-bond acceptors (Lipinski definition) is 2. The Hall–Kier alpha value is -1.52. The molecule has 21 heavy (non-hydrogen) atoms. The molecule has 2 aromatic rings. The van der Waals surface area contributed by atoms with Crippen molar-refractivity contribution in [1.29, 1.82) is 0 Å². The molecule has 1 amide bonds. The second-order valence-electron chi connectivity index (χ2n) is 4.45. The topological polar surface area (TPSA) is 38.3 Å². The highest BCUT2D eigenvalue weighted by Gasteiger charge is 2.10. The van der Waals surface area contributed by atoms with E-state index in [1.54, 1.807) is 18.2 Å². The Morgan fingerprint density at radius 3 is 2.57 bits per heavy atom. The molecule has 0 unspecified atom stereocenters. The standard InChI is InChI=1S/C16H15BrClNO2/c1-2-9-21-13-6-4-12(5-7-13)19-16(20)14-8-3-11(18)10-15(14)17/h3-8,10H,2,9H2,1H3,(H,19,20). The van der Waals surface area contributed by atoms with Crippen LogP contribution in [0, 0.1) is 0 Å². The molecule has 0 fully saturated rings. The lowest BCUT2D eigenvalue weighted by molar-refractivity contribution is 0.102. The molecule has 0 aliphatic heterocycles. The van der Waals surface area contributed by atoms with Gasteiger partial charge in [0.25, 0.3) is 5.91 Å². The van der Waals surface area contributed by atoms with Gasteiger partial charge in [0.2, 0.25) is 0 Å². The van der Waals surface area contributed by atoms with Gasteiger partial charge in [-0.15, -0.1) is 0 Å². The van der Waals surface area contributed by atoms with E-state index in [1.165, 1.54) is 0 Å². The van der Waals surface area contributed by atoms with Crippen LogP contribution in [0.15, 0.2) is 46.9 Å². The highest BCUT2D eigenvalue weighted by Crippen LogP contribution is 2.23. The molecule has 2 rings (SSSR count). The molecule has 0 aliphatic carbocycles. The quantitative estimate of drug-likeness (QED) is 0.793. The minimum Gasteiger partial charge on any atom is -0.494 e. The van der Waals surface area contributed by atoms with E-state index >= 15 is 0 Å². The lowest BCUT2D eigenvalue weighted by Crippen LogP contribution is -2.12. The fourth-order valence-corrected chi connectivity index (χ4v) is 2.59. The number of carbonyl (C=O) groups is 1. The van der Waals surface area contributed by atoms with Gasteiger partial charge in [-0.05, 0) is 64.8 Å². The van der Waals surface area contributed by atoms with Crippen molar-refractivity contribution >= 4 is 39.1 Å². The first-order valence-electron chi connectivity index (χ1n) is 6.59. The smallest absolute Gasteiger partial charge is 0.256 e. The van der Waals surface area contributed by atoms with Crippen LogP contribution in [0.4, 0.5) is 5.69 Å². The third-order valence-corrected chi connectivity index (χ3v) is 3.65. The first-order valence-corrected chi connectivity index (χ1v) is 7.76. The summed E-state index contributed by atoms with van der Waals surface area (Å²) in [5.41, 5.74) is 1.25. The van der Waals surface area contributed by atoms with Crippen LogP contribution in [0.3, 0.4) is 0 Å². The summed E-state index contributed by atoms with van der Waals surface area (Å²) in [7, 11) is 0. The molecule has 0 radical (unpaired) electrons. The molecule has 0 aliphatic rings. The SMILES string of the molecule is CCCOc1ccc(NC(=O)c2ccc(Cl)cc2Br)cc1. The average Bonchev–Trinajstić information content (AvgIpc) is 2.46. The van der Waals surface area contributed by atoms with Crippen molar-refractivity contribution in [2.24, 2.45) is 0 Å². The molecule has 110 valence electrons. The third-order valence-electron chi connectivity index (χ3n) is 2.76. The maximum absolute atomic E-state index is 12.2. The lowest BCUT2D eigenvalue weighted by Gasteiger charge is -2.09. The van der Waals surface area contributed by atoms with Crippen LogP contribution >= 0.6 is 27.5 Å². The van der Waals surface area contributed by atoms with Gasteiger partial charge < -0.3 is 10.1 Å². The number of benzene rings is 2. The molecular weight excluding hydrogens is 354 g/mol. The van der Waals surface area contributed by atoms with Gasteiger partial charge in [0.05, 0.1) is 12.2 Å². The summed E-state index contributed by atoms with van der Waals surface area (Å²) in [6.45, 7) is 2.74. The Kier molecular flexibility index (Phi) is 5.65. The largest absolute Gasteiger partial charge is 0.494 e. The van der Waals surface area contributed by atoms with Gasteiger partial charge in [-0.2, -0.15) is 0 Å². The number of anilines is 1. The van der Waals surface area contributed by atoms with Gasteiger partial charge in [0.15, 0.2) is 0 Å². The molecule has 0 heterocycles. The molecule has 0 aromatic heterocycles. The van der Waals surface area contributed by atoms with E-state index < -0.39 is 0 Å². The number of hydrogen-bond donors (Lipinski definition) is 1. The molecule has 0 saturated heterocycles. The Bertz CT molecular complexity index is 629. The Morgan fingerprint density at radius 2 is 1.95 bits per heavy atom. The first-order chi connectivity index (χ1) is 10.1. The monoisotopic (exact) mass is 367 g/mol. The van der Waals surface area contributed by atoms with Crippen molar-refractivity contribution in [3.05, 3.63) is 57.5 Å². The number of halogens is 2. The second-order valence-corrected chi connectivity index (χ2v) is 5.74. The van der Waals surface area contributed by atoms with Crippen LogP contribution in [0.5, 0.6) is 5.75 Å². The Morgan fingerprint density at radius 1 is 1.24 bits per heavy atom. The average molecular weight is 369 g/mol. The fourth-order valence-electron chi connectivity index (χ4n) is 1.73. The van der Waals surface area contributed by atoms with E-state index in [2.05, 4.69) is 28.2 Å². The number of rotatable bonds is 5.